The first-order valence-corrected chi connectivity index (χ1v) is 9.15. The first-order chi connectivity index (χ1) is 13.9. The van der Waals surface area contributed by atoms with Gasteiger partial charge >= 0.3 is 0 Å². The van der Waals surface area contributed by atoms with E-state index >= 15 is 0 Å². The van der Waals surface area contributed by atoms with Crippen molar-refractivity contribution in [2.45, 2.75) is 6.92 Å². The van der Waals surface area contributed by atoms with E-state index in [-0.39, 0.29) is 22.9 Å². The van der Waals surface area contributed by atoms with Crippen LogP contribution >= 0.6 is 0 Å². The molecule has 0 bridgehead atoms. The number of hydrogen-bond acceptors (Lipinski definition) is 4. The fourth-order valence-electron chi connectivity index (χ4n) is 3.44. The standard InChI is InChI=1S/C21H18F3N3O2/c1-13-25-19(17-4-2-3-5-18(17)24)20(29-13)21(28)27-8-6-26(7-9-27)16-11-14(22)10-15(23)12-16/h2-5,10-12H,6-9H2,1H3. The molecule has 0 radical (unpaired) electrons. The fourth-order valence-corrected chi connectivity index (χ4v) is 3.44. The highest BCUT2D eigenvalue weighted by atomic mass is 19.1. The Hall–Kier alpha value is -3.29. The first-order valence-electron chi connectivity index (χ1n) is 9.15. The van der Waals surface area contributed by atoms with Crippen molar-refractivity contribution in [3.05, 3.63) is 71.6 Å². The number of aromatic nitrogens is 1. The predicted octanol–water partition coefficient (Wildman–Crippen LogP) is 4.03. The maximum absolute atomic E-state index is 14.2. The van der Waals surface area contributed by atoms with Crippen molar-refractivity contribution in [2.75, 3.05) is 31.1 Å². The zero-order valence-electron chi connectivity index (χ0n) is 15.7. The Kier molecular flexibility index (Phi) is 5.00. The molecule has 5 nitrogen and oxygen atoms in total. The van der Waals surface area contributed by atoms with Crippen LogP contribution in [-0.4, -0.2) is 42.0 Å². The van der Waals surface area contributed by atoms with Gasteiger partial charge in [0.25, 0.3) is 5.91 Å². The van der Waals surface area contributed by atoms with Crippen LogP contribution in [0.2, 0.25) is 0 Å². The summed E-state index contributed by atoms with van der Waals surface area (Å²) in [6.45, 7) is 3.05. The van der Waals surface area contributed by atoms with Gasteiger partial charge in [0.2, 0.25) is 5.76 Å². The molecule has 0 aliphatic carbocycles. The fraction of sp³-hybridized carbons (Fsp3) is 0.238. The summed E-state index contributed by atoms with van der Waals surface area (Å²) in [6, 6.07) is 9.40. The van der Waals surface area contributed by atoms with E-state index in [1.807, 2.05) is 0 Å². The molecule has 1 amide bonds. The number of aryl methyl sites for hydroxylation is 1. The Labute approximate surface area is 165 Å². The van der Waals surface area contributed by atoms with E-state index in [1.165, 1.54) is 18.2 Å². The van der Waals surface area contributed by atoms with E-state index in [2.05, 4.69) is 4.98 Å². The van der Waals surface area contributed by atoms with E-state index in [4.69, 9.17) is 4.42 Å². The lowest BCUT2D eigenvalue weighted by molar-refractivity contribution is 0.0714. The van der Waals surface area contributed by atoms with Crippen LogP contribution in [0.3, 0.4) is 0 Å². The molecule has 1 aliphatic rings. The van der Waals surface area contributed by atoms with Crippen LogP contribution in [0, 0.1) is 24.4 Å². The Balaban J connectivity index is 1.53. The first kappa shape index (κ1) is 19.0. The Bertz CT molecular complexity index is 1040. The number of carbonyl (C=O) groups is 1. The van der Waals surface area contributed by atoms with Gasteiger partial charge in [-0.1, -0.05) is 12.1 Å². The molecular formula is C21H18F3N3O2. The van der Waals surface area contributed by atoms with Crippen LogP contribution < -0.4 is 4.90 Å². The molecule has 29 heavy (non-hydrogen) atoms. The Morgan fingerprint density at radius 1 is 1.00 bits per heavy atom. The molecule has 0 atom stereocenters. The van der Waals surface area contributed by atoms with Gasteiger partial charge in [-0.05, 0) is 24.3 Å². The summed E-state index contributed by atoms with van der Waals surface area (Å²) in [4.78, 5) is 20.6. The summed E-state index contributed by atoms with van der Waals surface area (Å²) in [5.74, 6) is -1.93. The second-order valence-corrected chi connectivity index (χ2v) is 6.80. The topological polar surface area (TPSA) is 49.6 Å². The number of carbonyl (C=O) groups excluding carboxylic acids is 1. The van der Waals surface area contributed by atoms with Gasteiger partial charge in [-0.15, -0.1) is 0 Å². The highest BCUT2D eigenvalue weighted by Gasteiger charge is 2.29. The van der Waals surface area contributed by atoms with Crippen LogP contribution in [0.25, 0.3) is 11.3 Å². The number of amides is 1. The lowest BCUT2D eigenvalue weighted by Crippen LogP contribution is -2.48. The van der Waals surface area contributed by atoms with Crippen LogP contribution in [0.15, 0.2) is 46.9 Å². The second kappa shape index (κ2) is 7.62. The van der Waals surface area contributed by atoms with Crippen molar-refractivity contribution >= 4 is 11.6 Å². The maximum atomic E-state index is 14.2. The third-order valence-corrected chi connectivity index (χ3v) is 4.84. The van der Waals surface area contributed by atoms with Gasteiger partial charge in [0.05, 0.1) is 0 Å². The minimum Gasteiger partial charge on any atom is -0.435 e. The Morgan fingerprint density at radius 3 is 2.31 bits per heavy atom. The monoisotopic (exact) mass is 401 g/mol. The molecule has 1 aromatic heterocycles. The lowest BCUT2D eigenvalue weighted by atomic mass is 10.1. The quantitative estimate of drug-likeness (QED) is 0.665. The summed E-state index contributed by atoms with van der Waals surface area (Å²) < 4.78 is 46.6. The van der Waals surface area contributed by atoms with Crippen LogP contribution in [0.5, 0.6) is 0 Å². The number of piperazine rings is 1. The number of rotatable bonds is 3. The van der Waals surface area contributed by atoms with Gasteiger partial charge in [0.1, 0.15) is 23.1 Å². The van der Waals surface area contributed by atoms with Gasteiger partial charge in [-0.2, -0.15) is 0 Å². The van der Waals surface area contributed by atoms with E-state index < -0.39 is 23.4 Å². The average molecular weight is 401 g/mol. The van der Waals surface area contributed by atoms with Gasteiger partial charge in [-0.25, -0.2) is 18.2 Å². The van der Waals surface area contributed by atoms with Crippen LogP contribution in [0.4, 0.5) is 18.9 Å². The molecule has 150 valence electrons. The van der Waals surface area contributed by atoms with Gasteiger partial charge in [0, 0.05) is 50.4 Å². The normalized spacial score (nSPS) is 14.3. The zero-order valence-corrected chi connectivity index (χ0v) is 15.7. The van der Waals surface area contributed by atoms with Crippen molar-refractivity contribution in [3.8, 4) is 11.3 Å². The SMILES string of the molecule is Cc1nc(-c2ccccc2F)c(C(=O)N2CCN(c3cc(F)cc(F)c3)CC2)o1. The molecule has 1 fully saturated rings. The maximum Gasteiger partial charge on any atom is 0.292 e. The van der Waals surface area contributed by atoms with Gasteiger partial charge in [-0.3, -0.25) is 4.79 Å². The largest absolute Gasteiger partial charge is 0.435 e. The lowest BCUT2D eigenvalue weighted by Gasteiger charge is -2.35. The van der Waals surface area contributed by atoms with Crippen molar-refractivity contribution in [2.24, 2.45) is 0 Å². The molecule has 2 aromatic carbocycles. The van der Waals surface area contributed by atoms with Crippen molar-refractivity contribution in [1.82, 2.24) is 9.88 Å². The number of hydrogen-bond donors (Lipinski definition) is 0. The summed E-state index contributed by atoms with van der Waals surface area (Å²) in [7, 11) is 0. The molecular weight excluding hydrogens is 383 g/mol. The molecule has 4 rings (SSSR count). The summed E-state index contributed by atoms with van der Waals surface area (Å²) in [5, 5.41) is 0. The molecule has 1 aliphatic heterocycles. The number of halogens is 3. The van der Waals surface area contributed by atoms with E-state index in [0.29, 0.717) is 31.9 Å². The highest BCUT2D eigenvalue weighted by molar-refractivity contribution is 5.97. The molecule has 2 heterocycles. The highest BCUT2D eigenvalue weighted by Crippen LogP contribution is 2.28. The molecule has 0 N–H and O–H groups in total. The number of anilines is 1. The molecule has 0 spiro atoms. The van der Waals surface area contributed by atoms with Gasteiger partial charge in [0.15, 0.2) is 5.89 Å². The number of nitrogens with zero attached hydrogens (tertiary/aromatic N) is 3. The zero-order chi connectivity index (χ0) is 20.5. The van der Waals surface area contributed by atoms with E-state index in [0.717, 1.165) is 6.07 Å². The van der Waals surface area contributed by atoms with Gasteiger partial charge < -0.3 is 14.2 Å². The molecule has 1 saturated heterocycles. The predicted molar refractivity (Wildman–Crippen MR) is 101 cm³/mol. The van der Waals surface area contributed by atoms with Crippen LogP contribution in [-0.2, 0) is 0 Å². The summed E-state index contributed by atoms with van der Waals surface area (Å²) in [5.41, 5.74) is 0.791. The minimum absolute atomic E-state index is 0.0159. The molecule has 3 aromatic rings. The van der Waals surface area contributed by atoms with Crippen LogP contribution in [0.1, 0.15) is 16.4 Å². The molecule has 8 heteroatoms. The molecule has 0 saturated carbocycles. The summed E-state index contributed by atoms with van der Waals surface area (Å²) in [6.07, 6.45) is 0. The number of oxazole rings is 1. The summed E-state index contributed by atoms with van der Waals surface area (Å²) >= 11 is 0. The van der Waals surface area contributed by atoms with Crippen molar-refractivity contribution < 1.29 is 22.4 Å². The Morgan fingerprint density at radius 2 is 1.66 bits per heavy atom. The van der Waals surface area contributed by atoms with E-state index in [1.54, 1.807) is 34.9 Å². The van der Waals surface area contributed by atoms with E-state index in [9.17, 15) is 18.0 Å². The minimum atomic E-state index is -0.648. The number of benzene rings is 2. The average Bonchev–Trinajstić information content (AvgIpc) is 3.08. The van der Waals surface area contributed by atoms with Crippen molar-refractivity contribution in [3.63, 3.8) is 0 Å². The molecule has 0 unspecified atom stereocenters. The third kappa shape index (κ3) is 3.83. The second-order valence-electron chi connectivity index (χ2n) is 6.80. The smallest absolute Gasteiger partial charge is 0.292 e. The van der Waals surface area contributed by atoms with Crippen molar-refractivity contribution in [1.29, 1.82) is 0 Å². The third-order valence-electron chi connectivity index (χ3n) is 4.84.